The zero-order chi connectivity index (χ0) is 13.2. The van der Waals surface area contributed by atoms with Crippen LogP contribution in [0.4, 0.5) is 5.82 Å². The number of hydrogen-bond donors (Lipinski definition) is 1. The van der Waals surface area contributed by atoms with Crippen LogP contribution in [0, 0.1) is 3.57 Å². The van der Waals surface area contributed by atoms with Crippen molar-refractivity contribution in [3.8, 4) is 0 Å². The zero-order valence-electron chi connectivity index (χ0n) is 11.5. The average molecular weight is 359 g/mol. The van der Waals surface area contributed by atoms with E-state index in [0.29, 0.717) is 0 Å². The molecule has 1 aliphatic carbocycles. The van der Waals surface area contributed by atoms with Crippen molar-refractivity contribution in [2.75, 3.05) is 11.9 Å². The van der Waals surface area contributed by atoms with Crippen molar-refractivity contribution in [1.82, 2.24) is 9.97 Å². The van der Waals surface area contributed by atoms with Gasteiger partial charge in [-0.3, -0.25) is 0 Å². The first-order valence-electron chi connectivity index (χ1n) is 6.91. The van der Waals surface area contributed by atoms with Gasteiger partial charge in [0.25, 0.3) is 0 Å². The van der Waals surface area contributed by atoms with Gasteiger partial charge in [0.2, 0.25) is 0 Å². The van der Waals surface area contributed by atoms with E-state index in [1.165, 1.54) is 22.1 Å². The molecule has 1 saturated carbocycles. The molecule has 1 aromatic rings. The number of rotatable bonds is 6. The lowest BCUT2D eigenvalue weighted by Gasteiger charge is -2.15. The van der Waals surface area contributed by atoms with Crippen molar-refractivity contribution in [2.24, 2.45) is 0 Å². The Morgan fingerprint density at radius 1 is 1.22 bits per heavy atom. The average Bonchev–Trinajstić information content (AvgIpc) is 3.10. The molecular weight excluding hydrogens is 337 g/mol. The van der Waals surface area contributed by atoms with Gasteiger partial charge >= 0.3 is 0 Å². The number of anilines is 1. The highest BCUT2D eigenvalue weighted by molar-refractivity contribution is 14.1. The van der Waals surface area contributed by atoms with Gasteiger partial charge in [-0.05, 0) is 48.3 Å². The number of aryl methyl sites for hydroxylation is 1. The number of nitrogens with one attached hydrogen (secondary N) is 1. The van der Waals surface area contributed by atoms with Crippen LogP contribution in [0.5, 0.6) is 0 Å². The molecule has 0 aromatic carbocycles. The van der Waals surface area contributed by atoms with E-state index in [-0.39, 0.29) is 5.41 Å². The first-order chi connectivity index (χ1) is 8.60. The molecule has 0 bridgehead atoms. The second kappa shape index (κ2) is 5.72. The van der Waals surface area contributed by atoms with Gasteiger partial charge < -0.3 is 5.32 Å². The van der Waals surface area contributed by atoms with E-state index in [0.717, 1.165) is 37.4 Å². The van der Waals surface area contributed by atoms with Crippen LogP contribution < -0.4 is 5.32 Å². The summed E-state index contributed by atoms with van der Waals surface area (Å²) >= 11 is 2.38. The summed E-state index contributed by atoms with van der Waals surface area (Å²) in [4.78, 5) is 9.56. The third kappa shape index (κ3) is 2.95. The standard InChI is InChI=1S/C14H22IN3/c1-4-6-10-11(15)12(16-9-5-2)18-13(17-10)14(3)7-8-14/h4-9H2,1-3H3,(H,16,17,18). The number of aromatic nitrogens is 2. The summed E-state index contributed by atoms with van der Waals surface area (Å²) in [6.07, 6.45) is 5.76. The smallest absolute Gasteiger partial charge is 0.143 e. The summed E-state index contributed by atoms with van der Waals surface area (Å²) in [5, 5.41) is 3.44. The van der Waals surface area contributed by atoms with Crippen LogP contribution in [0.15, 0.2) is 0 Å². The van der Waals surface area contributed by atoms with E-state index >= 15 is 0 Å². The maximum absolute atomic E-state index is 4.81. The fourth-order valence-electron chi connectivity index (χ4n) is 1.94. The Morgan fingerprint density at radius 3 is 2.50 bits per heavy atom. The zero-order valence-corrected chi connectivity index (χ0v) is 13.7. The molecular formula is C14H22IN3. The second-order valence-corrected chi connectivity index (χ2v) is 6.47. The minimum atomic E-state index is 0.246. The lowest BCUT2D eigenvalue weighted by molar-refractivity contribution is 0.690. The molecule has 100 valence electrons. The van der Waals surface area contributed by atoms with Crippen LogP contribution in [-0.2, 0) is 11.8 Å². The molecule has 1 aliphatic rings. The highest BCUT2D eigenvalue weighted by atomic mass is 127. The molecule has 0 radical (unpaired) electrons. The molecule has 1 heterocycles. The van der Waals surface area contributed by atoms with E-state index in [2.05, 4.69) is 48.7 Å². The van der Waals surface area contributed by atoms with Gasteiger partial charge in [-0.1, -0.05) is 27.2 Å². The van der Waals surface area contributed by atoms with Crippen LogP contribution >= 0.6 is 22.6 Å². The van der Waals surface area contributed by atoms with Gasteiger partial charge in [-0.25, -0.2) is 9.97 Å². The van der Waals surface area contributed by atoms with Gasteiger partial charge in [0.05, 0.1) is 9.26 Å². The van der Waals surface area contributed by atoms with E-state index in [1.807, 2.05) is 0 Å². The molecule has 0 amide bonds. The van der Waals surface area contributed by atoms with E-state index in [4.69, 9.17) is 9.97 Å². The van der Waals surface area contributed by atoms with Crippen LogP contribution in [0.2, 0.25) is 0 Å². The van der Waals surface area contributed by atoms with Crippen molar-refractivity contribution in [3.05, 3.63) is 15.1 Å². The topological polar surface area (TPSA) is 37.8 Å². The Labute approximate surface area is 123 Å². The molecule has 1 fully saturated rings. The third-order valence-corrected chi connectivity index (χ3v) is 4.62. The van der Waals surface area contributed by atoms with Crippen molar-refractivity contribution >= 4 is 28.4 Å². The number of halogens is 1. The van der Waals surface area contributed by atoms with Crippen LogP contribution in [0.3, 0.4) is 0 Å². The SMILES string of the molecule is CCCNc1nc(C2(C)CC2)nc(CCC)c1I. The van der Waals surface area contributed by atoms with Gasteiger partial charge in [-0.2, -0.15) is 0 Å². The lowest BCUT2D eigenvalue weighted by atomic mass is 10.1. The molecule has 1 aromatic heterocycles. The summed E-state index contributed by atoms with van der Waals surface area (Å²) in [5.74, 6) is 2.09. The quantitative estimate of drug-likeness (QED) is 0.783. The fraction of sp³-hybridized carbons (Fsp3) is 0.714. The normalized spacial score (nSPS) is 16.7. The summed E-state index contributed by atoms with van der Waals surface area (Å²) in [6, 6.07) is 0. The summed E-state index contributed by atoms with van der Waals surface area (Å²) in [6.45, 7) is 7.64. The molecule has 0 spiro atoms. The molecule has 3 nitrogen and oxygen atoms in total. The first-order valence-corrected chi connectivity index (χ1v) is 7.99. The molecule has 0 saturated heterocycles. The maximum atomic E-state index is 4.81. The maximum Gasteiger partial charge on any atom is 0.143 e. The summed E-state index contributed by atoms with van der Waals surface area (Å²) in [5.41, 5.74) is 1.46. The van der Waals surface area contributed by atoms with Crippen LogP contribution in [-0.4, -0.2) is 16.5 Å². The molecule has 2 rings (SSSR count). The third-order valence-electron chi connectivity index (χ3n) is 3.49. The Hall–Kier alpha value is -0.390. The number of nitrogens with zero attached hydrogens (tertiary/aromatic N) is 2. The van der Waals surface area contributed by atoms with Crippen molar-refractivity contribution < 1.29 is 0 Å². The van der Waals surface area contributed by atoms with Gasteiger partial charge in [0, 0.05) is 12.0 Å². The predicted molar refractivity (Wildman–Crippen MR) is 84.1 cm³/mol. The Kier molecular flexibility index (Phi) is 4.45. The van der Waals surface area contributed by atoms with Crippen molar-refractivity contribution in [3.63, 3.8) is 0 Å². The molecule has 0 aliphatic heterocycles. The fourth-order valence-corrected chi connectivity index (χ4v) is 2.64. The van der Waals surface area contributed by atoms with Crippen molar-refractivity contribution in [2.45, 2.75) is 58.3 Å². The predicted octanol–water partition coefficient (Wildman–Crippen LogP) is 3.91. The van der Waals surface area contributed by atoms with Gasteiger partial charge in [0.15, 0.2) is 0 Å². The summed E-state index contributed by atoms with van der Waals surface area (Å²) in [7, 11) is 0. The van der Waals surface area contributed by atoms with Gasteiger partial charge in [0.1, 0.15) is 11.6 Å². The Morgan fingerprint density at radius 2 is 1.94 bits per heavy atom. The molecule has 0 unspecified atom stereocenters. The van der Waals surface area contributed by atoms with E-state index in [1.54, 1.807) is 0 Å². The van der Waals surface area contributed by atoms with E-state index in [9.17, 15) is 0 Å². The van der Waals surface area contributed by atoms with Crippen molar-refractivity contribution in [1.29, 1.82) is 0 Å². The molecule has 0 atom stereocenters. The van der Waals surface area contributed by atoms with Gasteiger partial charge in [-0.15, -0.1) is 0 Å². The molecule has 18 heavy (non-hydrogen) atoms. The Bertz CT molecular complexity index is 427. The monoisotopic (exact) mass is 359 g/mol. The Balaban J connectivity index is 2.34. The van der Waals surface area contributed by atoms with Crippen LogP contribution in [0.25, 0.3) is 0 Å². The molecule has 1 N–H and O–H groups in total. The number of hydrogen-bond acceptors (Lipinski definition) is 3. The minimum absolute atomic E-state index is 0.246. The minimum Gasteiger partial charge on any atom is -0.369 e. The summed E-state index contributed by atoms with van der Waals surface area (Å²) < 4.78 is 1.20. The highest BCUT2D eigenvalue weighted by Crippen LogP contribution is 2.46. The first kappa shape index (κ1) is 14.0. The van der Waals surface area contributed by atoms with E-state index < -0.39 is 0 Å². The van der Waals surface area contributed by atoms with Crippen LogP contribution in [0.1, 0.15) is 58.0 Å². The highest BCUT2D eigenvalue weighted by Gasteiger charge is 2.42. The second-order valence-electron chi connectivity index (χ2n) is 5.39. The molecule has 4 heteroatoms. The largest absolute Gasteiger partial charge is 0.369 e. The lowest BCUT2D eigenvalue weighted by Crippen LogP contribution is -2.15.